The van der Waals surface area contributed by atoms with Gasteiger partial charge in [0.25, 0.3) is 0 Å². The SMILES string of the molecule is COc1cccc(Nc2nc(F)nc3c2ncn3C2CCCO2)c1Cl. The Balaban J connectivity index is 1.77. The molecule has 0 bridgehead atoms. The highest BCUT2D eigenvalue weighted by atomic mass is 35.5. The zero-order chi connectivity index (χ0) is 17.4. The van der Waals surface area contributed by atoms with Crippen molar-refractivity contribution in [3.63, 3.8) is 0 Å². The van der Waals surface area contributed by atoms with Crippen molar-refractivity contribution in [2.45, 2.75) is 19.1 Å². The fraction of sp³-hybridized carbons (Fsp3) is 0.312. The number of methoxy groups -OCH3 is 1. The number of hydrogen-bond donors (Lipinski definition) is 1. The molecule has 1 saturated heterocycles. The van der Waals surface area contributed by atoms with Gasteiger partial charge in [-0.15, -0.1) is 0 Å². The number of hydrogen-bond acceptors (Lipinski definition) is 6. The minimum atomic E-state index is -0.853. The number of anilines is 2. The summed E-state index contributed by atoms with van der Waals surface area (Å²) in [7, 11) is 1.52. The molecule has 1 aliphatic heterocycles. The second-order valence-corrected chi connectivity index (χ2v) is 5.96. The Bertz CT molecular complexity index is 926. The lowest BCUT2D eigenvalue weighted by Crippen LogP contribution is -2.08. The number of halogens is 2. The van der Waals surface area contributed by atoms with Gasteiger partial charge < -0.3 is 14.8 Å². The number of imidazole rings is 1. The van der Waals surface area contributed by atoms with E-state index in [1.165, 1.54) is 7.11 Å². The molecule has 3 heterocycles. The zero-order valence-corrected chi connectivity index (χ0v) is 14.1. The van der Waals surface area contributed by atoms with Gasteiger partial charge in [0.05, 0.1) is 19.1 Å². The van der Waals surface area contributed by atoms with Crippen LogP contribution in [0.25, 0.3) is 11.2 Å². The molecule has 3 aromatic rings. The predicted octanol–water partition coefficient (Wildman–Crippen LogP) is 3.68. The van der Waals surface area contributed by atoms with E-state index in [0.717, 1.165) is 12.8 Å². The first kappa shape index (κ1) is 16.0. The van der Waals surface area contributed by atoms with E-state index in [0.29, 0.717) is 34.2 Å². The number of ether oxygens (including phenoxy) is 2. The van der Waals surface area contributed by atoms with Crippen molar-refractivity contribution in [2.24, 2.45) is 0 Å². The molecule has 7 nitrogen and oxygen atoms in total. The molecule has 0 aliphatic carbocycles. The van der Waals surface area contributed by atoms with E-state index >= 15 is 0 Å². The summed E-state index contributed by atoms with van der Waals surface area (Å²) in [6, 6.07) is 5.25. The summed E-state index contributed by atoms with van der Waals surface area (Å²) in [5.41, 5.74) is 1.35. The van der Waals surface area contributed by atoms with Gasteiger partial charge in [-0.1, -0.05) is 17.7 Å². The molecular formula is C16H15ClFN5O2. The highest BCUT2D eigenvalue weighted by Crippen LogP contribution is 2.35. The van der Waals surface area contributed by atoms with E-state index in [2.05, 4.69) is 20.3 Å². The van der Waals surface area contributed by atoms with Crippen LogP contribution in [0, 0.1) is 6.08 Å². The normalized spacial score (nSPS) is 17.2. The quantitative estimate of drug-likeness (QED) is 0.713. The molecule has 0 saturated carbocycles. The molecule has 4 rings (SSSR count). The molecule has 1 fully saturated rings. The molecule has 0 radical (unpaired) electrons. The lowest BCUT2D eigenvalue weighted by Gasteiger charge is -2.13. The van der Waals surface area contributed by atoms with E-state index in [1.807, 2.05) is 0 Å². The van der Waals surface area contributed by atoms with Gasteiger partial charge in [0.1, 0.15) is 17.0 Å². The van der Waals surface area contributed by atoms with Gasteiger partial charge in [-0.3, -0.25) is 4.57 Å². The minimum Gasteiger partial charge on any atom is -0.495 e. The van der Waals surface area contributed by atoms with Crippen LogP contribution in [0.2, 0.25) is 5.02 Å². The molecular weight excluding hydrogens is 349 g/mol. The van der Waals surface area contributed by atoms with Gasteiger partial charge in [-0.2, -0.15) is 14.4 Å². The van der Waals surface area contributed by atoms with Gasteiger partial charge in [-0.25, -0.2) is 4.98 Å². The molecule has 1 aliphatic rings. The highest BCUT2D eigenvalue weighted by Gasteiger charge is 2.22. The summed E-state index contributed by atoms with van der Waals surface area (Å²) in [6.45, 7) is 0.669. The van der Waals surface area contributed by atoms with Gasteiger partial charge in [-0.05, 0) is 25.0 Å². The summed E-state index contributed by atoms with van der Waals surface area (Å²) < 4.78 is 26.5. The molecule has 25 heavy (non-hydrogen) atoms. The molecule has 130 valence electrons. The van der Waals surface area contributed by atoms with Crippen molar-refractivity contribution in [3.8, 4) is 5.75 Å². The molecule has 1 N–H and O–H groups in total. The maximum atomic E-state index is 14.0. The van der Waals surface area contributed by atoms with E-state index in [1.54, 1.807) is 29.1 Å². The number of rotatable bonds is 4. The van der Waals surface area contributed by atoms with Crippen LogP contribution in [0.1, 0.15) is 19.1 Å². The van der Waals surface area contributed by atoms with Crippen LogP contribution in [0.15, 0.2) is 24.5 Å². The third-order valence-corrected chi connectivity index (χ3v) is 4.44. The lowest BCUT2D eigenvalue weighted by atomic mass is 10.3. The summed E-state index contributed by atoms with van der Waals surface area (Å²) in [5.74, 6) is 0.733. The topological polar surface area (TPSA) is 74.1 Å². The van der Waals surface area contributed by atoms with Crippen LogP contribution in [-0.2, 0) is 4.74 Å². The van der Waals surface area contributed by atoms with Crippen LogP contribution in [0.4, 0.5) is 15.9 Å². The van der Waals surface area contributed by atoms with Crippen LogP contribution >= 0.6 is 11.6 Å². The Morgan fingerprint density at radius 3 is 3.04 bits per heavy atom. The lowest BCUT2D eigenvalue weighted by molar-refractivity contribution is 0.0592. The molecule has 2 aromatic heterocycles. The van der Waals surface area contributed by atoms with Gasteiger partial charge in [0.15, 0.2) is 17.0 Å². The Hall–Kier alpha value is -2.45. The van der Waals surface area contributed by atoms with Crippen molar-refractivity contribution in [1.29, 1.82) is 0 Å². The Kier molecular flexibility index (Phi) is 4.14. The third kappa shape index (κ3) is 2.87. The molecule has 1 atom stereocenters. The zero-order valence-electron chi connectivity index (χ0n) is 13.4. The second kappa shape index (κ2) is 6.45. The second-order valence-electron chi connectivity index (χ2n) is 5.58. The monoisotopic (exact) mass is 363 g/mol. The molecule has 9 heteroatoms. The number of nitrogens with zero attached hydrogens (tertiary/aromatic N) is 4. The third-order valence-electron chi connectivity index (χ3n) is 4.05. The number of nitrogens with one attached hydrogen (secondary N) is 1. The summed E-state index contributed by atoms with van der Waals surface area (Å²) in [5, 5.41) is 3.39. The summed E-state index contributed by atoms with van der Waals surface area (Å²) >= 11 is 6.29. The van der Waals surface area contributed by atoms with E-state index in [9.17, 15) is 4.39 Å². The van der Waals surface area contributed by atoms with Crippen molar-refractivity contribution < 1.29 is 13.9 Å². The number of fused-ring (bicyclic) bond motifs is 1. The first-order valence-electron chi connectivity index (χ1n) is 7.78. The fourth-order valence-corrected chi connectivity index (χ4v) is 3.11. The van der Waals surface area contributed by atoms with Crippen LogP contribution < -0.4 is 10.1 Å². The van der Waals surface area contributed by atoms with Crippen molar-refractivity contribution in [3.05, 3.63) is 35.6 Å². The van der Waals surface area contributed by atoms with Crippen LogP contribution in [0.5, 0.6) is 5.75 Å². The Labute approximate surface area is 147 Å². The number of aromatic nitrogens is 4. The van der Waals surface area contributed by atoms with Gasteiger partial charge in [0, 0.05) is 6.61 Å². The smallest absolute Gasteiger partial charge is 0.312 e. The Morgan fingerprint density at radius 1 is 1.40 bits per heavy atom. The van der Waals surface area contributed by atoms with Crippen LogP contribution in [-0.4, -0.2) is 33.2 Å². The first-order chi connectivity index (χ1) is 12.2. The standard InChI is InChI=1S/C16H15ClFN5O2/c1-24-10-5-2-4-9(12(10)17)20-14-13-15(22-16(18)21-14)23(8-19-13)11-6-3-7-25-11/h2,4-5,8,11H,3,6-7H2,1H3,(H,20,21,22). The maximum Gasteiger partial charge on any atom is 0.312 e. The molecule has 1 aromatic carbocycles. The molecule has 1 unspecified atom stereocenters. The van der Waals surface area contributed by atoms with E-state index < -0.39 is 6.08 Å². The van der Waals surface area contributed by atoms with E-state index in [4.69, 9.17) is 21.1 Å². The number of benzene rings is 1. The van der Waals surface area contributed by atoms with Crippen LogP contribution in [0.3, 0.4) is 0 Å². The van der Waals surface area contributed by atoms with Crippen molar-refractivity contribution >= 4 is 34.3 Å². The maximum absolute atomic E-state index is 14.0. The Morgan fingerprint density at radius 2 is 2.28 bits per heavy atom. The fourth-order valence-electron chi connectivity index (χ4n) is 2.86. The van der Waals surface area contributed by atoms with Crippen molar-refractivity contribution in [2.75, 3.05) is 19.0 Å². The first-order valence-corrected chi connectivity index (χ1v) is 8.16. The highest BCUT2D eigenvalue weighted by molar-refractivity contribution is 6.34. The molecule has 0 amide bonds. The minimum absolute atomic E-state index is 0.187. The van der Waals surface area contributed by atoms with Gasteiger partial charge >= 0.3 is 6.08 Å². The van der Waals surface area contributed by atoms with Crippen molar-refractivity contribution in [1.82, 2.24) is 19.5 Å². The average Bonchev–Trinajstić information content (AvgIpc) is 3.25. The summed E-state index contributed by atoms with van der Waals surface area (Å²) in [6.07, 6.45) is 2.33. The largest absolute Gasteiger partial charge is 0.495 e. The van der Waals surface area contributed by atoms with Gasteiger partial charge in [0.2, 0.25) is 0 Å². The molecule has 0 spiro atoms. The average molecular weight is 364 g/mol. The summed E-state index contributed by atoms with van der Waals surface area (Å²) in [4.78, 5) is 12.0. The van der Waals surface area contributed by atoms with E-state index in [-0.39, 0.29) is 12.0 Å². The predicted molar refractivity (Wildman–Crippen MR) is 90.8 cm³/mol.